The normalized spacial score (nSPS) is 18.5. The van der Waals surface area contributed by atoms with E-state index in [2.05, 4.69) is 20.6 Å². The predicted octanol–water partition coefficient (Wildman–Crippen LogP) is 1.52. The van der Waals surface area contributed by atoms with Crippen LogP contribution >= 0.6 is 0 Å². The van der Waals surface area contributed by atoms with Crippen LogP contribution in [0.15, 0.2) is 12.3 Å². The molecule has 0 aliphatic carbocycles. The average molecular weight is 266 g/mol. The molecular weight excluding hydrogens is 244 g/mol. The van der Waals surface area contributed by atoms with E-state index in [1.165, 1.54) is 0 Å². The molecule has 2 rings (SSSR count). The molecule has 1 aromatic heterocycles. The molecule has 0 aromatic carbocycles. The molecular formula is C13H22N4O2. The zero-order valence-electron chi connectivity index (χ0n) is 11.4. The number of methoxy groups -OCH3 is 1. The van der Waals surface area contributed by atoms with Crippen molar-refractivity contribution in [1.29, 1.82) is 0 Å². The second-order valence-electron chi connectivity index (χ2n) is 4.55. The molecule has 106 valence electrons. The van der Waals surface area contributed by atoms with Crippen LogP contribution < -0.4 is 10.6 Å². The molecule has 0 amide bonds. The summed E-state index contributed by atoms with van der Waals surface area (Å²) in [6.07, 6.45) is 5.28. The van der Waals surface area contributed by atoms with Gasteiger partial charge in [-0.3, -0.25) is 0 Å². The van der Waals surface area contributed by atoms with Gasteiger partial charge in [0.2, 0.25) is 5.95 Å². The van der Waals surface area contributed by atoms with Gasteiger partial charge in [-0.1, -0.05) is 0 Å². The molecule has 0 radical (unpaired) electrons. The van der Waals surface area contributed by atoms with Gasteiger partial charge in [0, 0.05) is 39.6 Å². The van der Waals surface area contributed by atoms with Gasteiger partial charge in [-0.05, 0) is 25.3 Å². The predicted molar refractivity (Wildman–Crippen MR) is 74.5 cm³/mol. The highest BCUT2D eigenvalue weighted by Gasteiger charge is 2.14. The Balaban J connectivity index is 1.74. The van der Waals surface area contributed by atoms with Crippen LogP contribution in [-0.2, 0) is 9.47 Å². The Morgan fingerprint density at radius 1 is 1.47 bits per heavy atom. The van der Waals surface area contributed by atoms with E-state index in [-0.39, 0.29) is 0 Å². The summed E-state index contributed by atoms with van der Waals surface area (Å²) >= 11 is 0. The van der Waals surface area contributed by atoms with E-state index >= 15 is 0 Å². The van der Waals surface area contributed by atoms with Gasteiger partial charge in [0.25, 0.3) is 0 Å². The van der Waals surface area contributed by atoms with E-state index in [9.17, 15) is 0 Å². The Labute approximate surface area is 113 Å². The summed E-state index contributed by atoms with van der Waals surface area (Å²) in [6.45, 7) is 3.23. The number of hydrogen-bond acceptors (Lipinski definition) is 6. The molecule has 1 aliphatic rings. The van der Waals surface area contributed by atoms with Gasteiger partial charge in [0.05, 0.1) is 6.10 Å². The summed E-state index contributed by atoms with van der Waals surface area (Å²) in [5.74, 6) is 1.48. The van der Waals surface area contributed by atoms with Crippen LogP contribution in [0.5, 0.6) is 0 Å². The van der Waals surface area contributed by atoms with Gasteiger partial charge < -0.3 is 20.1 Å². The molecule has 1 unspecified atom stereocenters. The summed E-state index contributed by atoms with van der Waals surface area (Å²) < 4.78 is 10.6. The van der Waals surface area contributed by atoms with Crippen LogP contribution in [-0.4, -0.2) is 49.5 Å². The van der Waals surface area contributed by atoms with Crippen LogP contribution in [0.2, 0.25) is 0 Å². The van der Waals surface area contributed by atoms with Crippen molar-refractivity contribution in [2.24, 2.45) is 0 Å². The van der Waals surface area contributed by atoms with Crippen LogP contribution in [0, 0.1) is 0 Å². The summed E-state index contributed by atoms with van der Waals surface area (Å²) in [6, 6.07) is 1.87. The van der Waals surface area contributed by atoms with Crippen LogP contribution in [0.4, 0.5) is 11.8 Å². The van der Waals surface area contributed by atoms with Crippen molar-refractivity contribution in [3.8, 4) is 0 Å². The summed E-state index contributed by atoms with van der Waals surface area (Å²) in [4.78, 5) is 8.58. The molecule has 0 bridgehead atoms. The molecule has 1 fully saturated rings. The monoisotopic (exact) mass is 266 g/mol. The van der Waals surface area contributed by atoms with Gasteiger partial charge in [0.15, 0.2) is 0 Å². The molecule has 19 heavy (non-hydrogen) atoms. The number of anilines is 2. The molecule has 0 saturated carbocycles. The molecule has 2 N–H and O–H groups in total. The Morgan fingerprint density at radius 3 is 3.21 bits per heavy atom. The molecule has 6 heteroatoms. The number of aromatic nitrogens is 2. The minimum absolute atomic E-state index is 0.313. The summed E-state index contributed by atoms with van der Waals surface area (Å²) in [5, 5.41) is 6.46. The smallest absolute Gasteiger partial charge is 0.224 e. The first-order chi connectivity index (χ1) is 9.38. The Bertz CT molecular complexity index is 369. The first kappa shape index (κ1) is 14.0. The van der Waals surface area contributed by atoms with E-state index < -0.39 is 0 Å². The van der Waals surface area contributed by atoms with Gasteiger partial charge in [-0.25, -0.2) is 4.98 Å². The van der Waals surface area contributed by atoms with Crippen LogP contribution in [0.1, 0.15) is 19.3 Å². The maximum absolute atomic E-state index is 5.56. The fraction of sp³-hybridized carbons (Fsp3) is 0.692. The lowest BCUT2D eigenvalue weighted by Crippen LogP contribution is -2.19. The largest absolute Gasteiger partial charge is 0.385 e. The van der Waals surface area contributed by atoms with Crippen molar-refractivity contribution in [3.05, 3.63) is 12.3 Å². The van der Waals surface area contributed by atoms with Crippen molar-refractivity contribution < 1.29 is 9.47 Å². The third kappa shape index (κ3) is 5.00. The number of nitrogens with zero attached hydrogens (tertiary/aromatic N) is 2. The van der Waals surface area contributed by atoms with E-state index in [1.54, 1.807) is 13.3 Å². The van der Waals surface area contributed by atoms with Gasteiger partial charge in [0.1, 0.15) is 5.82 Å². The standard InChI is InChI=1S/C13H22N4O2/c1-18-8-3-6-14-13-15-7-5-12(17-13)16-10-11-4-2-9-19-11/h5,7,11H,2-4,6,8-10H2,1H3,(H2,14,15,16,17). The van der Waals surface area contributed by atoms with Gasteiger partial charge in [-0.2, -0.15) is 4.98 Å². The second kappa shape index (κ2) is 7.91. The third-order valence-corrected chi connectivity index (χ3v) is 3.00. The Morgan fingerprint density at radius 2 is 2.42 bits per heavy atom. The molecule has 2 heterocycles. The number of hydrogen-bond donors (Lipinski definition) is 2. The zero-order valence-corrected chi connectivity index (χ0v) is 11.4. The number of nitrogens with one attached hydrogen (secondary N) is 2. The van der Waals surface area contributed by atoms with Crippen LogP contribution in [0.25, 0.3) is 0 Å². The van der Waals surface area contributed by atoms with E-state index in [0.29, 0.717) is 12.1 Å². The van der Waals surface area contributed by atoms with Gasteiger partial charge in [-0.15, -0.1) is 0 Å². The number of rotatable bonds is 8. The first-order valence-corrected chi connectivity index (χ1v) is 6.80. The van der Waals surface area contributed by atoms with E-state index in [1.807, 2.05) is 6.07 Å². The van der Waals surface area contributed by atoms with Gasteiger partial charge >= 0.3 is 0 Å². The lowest BCUT2D eigenvalue weighted by atomic mass is 10.2. The van der Waals surface area contributed by atoms with Crippen molar-refractivity contribution in [3.63, 3.8) is 0 Å². The number of ether oxygens (including phenoxy) is 2. The fourth-order valence-electron chi connectivity index (χ4n) is 1.98. The summed E-state index contributed by atoms with van der Waals surface area (Å²) in [5.41, 5.74) is 0. The topological polar surface area (TPSA) is 68.3 Å². The van der Waals surface area contributed by atoms with Crippen LogP contribution in [0.3, 0.4) is 0 Å². The molecule has 6 nitrogen and oxygen atoms in total. The Kier molecular flexibility index (Phi) is 5.84. The van der Waals surface area contributed by atoms with Crippen molar-refractivity contribution in [2.45, 2.75) is 25.4 Å². The molecule has 1 aromatic rings. The van der Waals surface area contributed by atoms with E-state index in [4.69, 9.17) is 9.47 Å². The Hall–Kier alpha value is -1.40. The minimum atomic E-state index is 0.313. The quantitative estimate of drug-likeness (QED) is 0.695. The molecule has 1 aliphatic heterocycles. The highest BCUT2D eigenvalue weighted by Crippen LogP contribution is 2.13. The van der Waals surface area contributed by atoms with Crippen molar-refractivity contribution in [1.82, 2.24) is 9.97 Å². The average Bonchev–Trinajstić information content (AvgIpc) is 2.95. The molecule has 1 atom stereocenters. The lowest BCUT2D eigenvalue weighted by molar-refractivity contribution is 0.120. The third-order valence-electron chi connectivity index (χ3n) is 3.00. The first-order valence-electron chi connectivity index (χ1n) is 6.80. The maximum atomic E-state index is 5.56. The maximum Gasteiger partial charge on any atom is 0.224 e. The minimum Gasteiger partial charge on any atom is -0.385 e. The van der Waals surface area contributed by atoms with E-state index in [0.717, 1.165) is 51.4 Å². The zero-order chi connectivity index (χ0) is 13.3. The molecule has 0 spiro atoms. The lowest BCUT2D eigenvalue weighted by Gasteiger charge is -2.12. The SMILES string of the molecule is COCCCNc1nccc(NCC2CCCO2)n1. The highest BCUT2D eigenvalue weighted by atomic mass is 16.5. The molecule has 1 saturated heterocycles. The van der Waals surface area contributed by atoms with Crippen molar-refractivity contribution >= 4 is 11.8 Å². The highest BCUT2D eigenvalue weighted by molar-refractivity contribution is 5.39. The van der Waals surface area contributed by atoms with Crippen molar-refractivity contribution in [2.75, 3.05) is 44.0 Å². The second-order valence-corrected chi connectivity index (χ2v) is 4.55. The fourth-order valence-corrected chi connectivity index (χ4v) is 1.98. The summed E-state index contributed by atoms with van der Waals surface area (Å²) in [7, 11) is 1.70.